The lowest BCUT2D eigenvalue weighted by molar-refractivity contribution is 0.103. The summed E-state index contributed by atoms with van der Waals surface area (Å²) in [6.45, 7) is 0. The van der Waals surface area contributed by atoms with Gasteiger partial charge in [-0.15, -0.1) is 0 Å². The van der Waals surface area contributed by atoms with Crippen molar-refractivity contribution in [3.05, 3.63) is 58.2 Å². The molecule has 1 heterocycles. The van der Waals surface area contributed by atoms with Crippen molar-refractivity contribution in [1.29, 1.82) is 0 Å². The van der Waals surface area contributed by atoms with Crippen molar-refractivity contribution < 1.29 is 4.79 Å². The molecular weight excluding hydrogens is 268 g/mol. The maximum absolute atomic E-state index is 12.1. The van der Waals surface area contributed by atoms with Gasteiger partial charge in [0.25, 0.3) is 0 Å². The van der Waals surface area contributed by atoms with Gasteiger partial charge in [-0.25, -0.2) is 4.98 Å². The summed E-state index contributed by atoms with van der Waals surface area (Å²) in [4.78, 5) is 16.0. The zero-order valence-electron chi connectivity index (χ0n) is 8.35. The molecule has 0 saturated heterocycles. The van der Waals surface area contributed by atoms with Crippen molar-refractivity contribution in [3.8, 4) is 0 Å². The Morgan fingerprint density at radius 2 is 2.06 bits per heavy atom. The Bertz CT molecular complexity index is 540. The van der Waals surface area contributed by atoms with Crippen molar-refractivity contribution >= 4 is 27.5 Å². The zero-order valence-corrected chi connectivity index (χ0v) is 9.94. The normalized spacial score (nSPS) is 10.1. The van der Waals surface area contributed by atoms with E-state index in [9.17, 15) is 4.79 Å². The molecule has 16 heavy (non-hydrogen) atoms. The minimum Gasteiger partial charge on any atom is -0.383 e. The van der Waals surface area contributed by atoms with Crippen LogP contribution in [0.4, 0.5) is 5.82 Å². The van der Waals surface area contributed by atoms with Crippen LogP contribution >= 0.6 is 15.9 Å². The van der Waals surface area contributed by atoms with Gasteiger partial charge in [-0.2, -0.15) is 0 Å². The number of nitrogen functional groups attached to an aromatic ring is 1. The third-order valence-electron chi connectivity index (χ3n) is 2.17. The third-order valence-corrected chi connectivity index (χ3v) is 2.66. The van der Waals surface area contributed by atoms with E-state index < -0.39 is 0 Å². The van der Waals surface area contributed by atoms with Gasteiger partial charge in [-0.05, 0) is 24.3 Å². The molecule has 1 aromatic carbocycles. The van der Waals surface area contributed by atoms with Crippen LogP contribution in [0.1, 0.15) is 15.9 Å². The number of rotatable bonds is 2. The number of pyridine rings is 1. The van der Waals surface area contributed by atoms with Crippen LogP contribution < -0.4 is 5.73 Å². The van der Waals surface area contributed by atoms with Gasteiger partial charge in [0, 0.05) is 16.2 Å². The van der Waals surface area contributed by atoms with Crippen molar-refractivity contribution in [1.82, 2.24) is 4.98 Å². The van der Waals surface area contributed by atoms with Gasteiger partial charge >= 0.3 is 0 Å². The maximum Gasteiger partial charge on any atom is 0.196 e. The van der Waals surface area contributed by atoms with Crippen molar-refractivity contribution in [2.45, 2.75) is 0 Å². The van der Waals surface area contributed by atoms with E-state index in [1.54, 1.807) is 30.5 Å². The van der Waals surface area contributed by atoms with E-state index in [0.717, 1.165) is 4.47 Å². The molecule has 1 aromatic heterocycles. The van der Waals surface area contributed by atoms with Crippen LogP contribution in [-0.2, 0) is 0 Å². The first-order valence-electron chi connectivity index (χ1n) is 4.69. The molecule has 2 N–H and O–H groups in total. The molecular formula is C12H9BrN2O. The molecule has 0 radical (unpaired) electrons. The smallest absolute Gasteiger partial charge is 0.196 e. The molecule has 4 heteroatoms. The second kappa shape index (κ2) is 4.45. The van der Waals surface area contributed by atoms with Gasteiger partial charge in [0.1, 0.15) is 5.82 Å². The molecule has 0 bridgehead atoms. The van der Waals surface area contributed by atoms with Crippen LogP contribution in [0.3, 0.4) is 0 Å². The first kappa shape index (κ1) is 10.8. The largest absolute Gasteiger partial charge is 0.383 e. The number of carbonyl (C=O) groups excluding carboxylic acids is 1. The van der Waals surface area contributed by atoms with Crippen LogP contribution in [0.15, 0.2) is 47.1 Å². The molecule has 0 saturated carbocycles. The highest BCUT2D eigenvalue weighted by Gasteiger charge is 2.12. The summed E-state index contributed by atoms with van der Waals surface area (Å²) in [6, 6.07) is 10.6. The fourth-order valence-electron chi connectivity index (χ4n) is 1.39. The molecule has 80 valence electrons. The number of hydrogen-bond acceptors (Lipinski definition) is 3. The van der Waals surface area contributed by atoms with E-state index >= 15 is 0 Å². The average molecular weight is 277 g/mol. The fourth-order valence-corrected chi connectivity index (χ4v) is 1.79. The molecule has 0 fully saturated rings. The van der Waals surface area contributed by atoms with Gasteiger partial charge in [-0.1, -0.05) is 28.1 Å². The monoisotopic (exact) mass is 276 g/mol. The Labute approximate surface area is 101 Å². The maximum atomic E-state index is 12.1. The Morgan fingerprint density at radius 1 is 1.25 bits per heavy atom. The summed E-state index contributed by atoms with van der Waals surface area (Å²) in [6.07, 6.45) is 1.56. The molecule has 2 rings (SSSR count). The van der Waals surface area contributed by atoms with Crippen LogP contribution in [-0.4, -0.2) is 10.8 Å². The minimum absolute atomic E-state index is 0.119. The average Bonchev–Trinajstić information content (AvgIpc) is 2.29. The van der Waals surface area contributed by atoms with Gasteiger partial charge in [0.05, 0.1) is 5.56 Å². The number of anilines is 1. The van der Waals surface area contributed by atoms with Crippen molar-refractivity contribution in [3.63, 3.8) is 0 Å². The SMILES string of the molecule is Nc1ncccc1C(=O)c1cccc(Br)c1. The van der Waals surface area contributed by atoms with Crippen molar-refractivity contribution in [2.24, 2.45) is 0 Å². The van der Waals surface area contributed by atoms with Crippen LogP contribution in [0.5, 0.6) is 0 Å². The highest BCUT2D eigenvalue weighted by atomic mass is 79.9. The number of nitrogens with zero attached hydrogens (tertiary/aromatic N) is 1. The van der Waals surface area contributed by atoms with Crippen LogP contribution in [0.25, 0.3) is 0 Å². The van der Waals surface area contributed by atoms with Gasteiger partial charge in [-0.3, -0.25) is 4.79 Å². The second-order valence-electron chi connectivity index (χ2n) is 3.28. The lowest BCUT2D eigenvalue weighted by Crippen LogP contribution is -2.06. The lowest BCUT2D eigenvalue weighted by atomic mass is 10.0. The number of halogens is 1. The number of ketones is 1. The number of carbonyl (C=O) groups is 1. The summed E-state index contributed by atoms with van der Waals surface area (Å²) in [7, 11) is 0. The van der Waals surface area contributed by atoms with Crippen molar-refractivity contribution in [2.75, 3.05) is 5.73 Å². The Kier molecular flexibility index (Phi) is 3.01. The summed E-state index contributed by atoms with van der Waals surface area (Å²) in [5.41, 5.74) is 6.68. The number of aromatic nitrogens is 1. The van der Waals surface area contributed by atoms with Crippen LogP contribution in [0.2, 0.25) is 0 Å². The summed E-state index contributed by atoms with van der Waals surface area (Å²) < 4.78 is 0.862. The van der Waals surface area contributed by atoms with E-state index in [0.29, 0.717) is 11.1 Å². The summed E-state index contributed by atoms with van der Waals surface area (Å²) in [5.74, 6) is 0.138. The van der Waals surface area contributed by atoms with E-state index in [1.165, 1.54) is 0 Å². The third kappa shape index (κ3) is 2.12. The fraction of sp³-hybridized carbons (Fsp3) is 0. The minimum atomic E-state index is -0.119. The van der Waals surface area contributed by atoms with Gasteiger partial charge in [0.15, 0.2) is 5.78 Å². The molecule has 3 nitrogen and oxygen atoms in total. The first-order chi connectivity index (χ1) is 7.68. The summed E-state index contributed by atoms with van der Waals surface area (Å²) in [5, 5.41) is 0. The molecule has 0 unspecified atom stereocenters. The van der Waals surface area contributed by atoms with Gasteiger partial charge in [0.2, 0.25) is 0 Å². The number of benzene rings is 1. The Morgan fingerprint density at radius 3 is 2.75 bits per heavy atom. The lowest BCUT2D eigenvalue weighted by Gasteiger charge is -2.03. The molecule has 0 amide bonds. The number of nitrogens with two attached hydrogens (primary N) is 1. The predicted octanol–water partition coefficient (Wildman–Crippen LogP) is 2.66. The molecule has 0 atom stereocenters. The number of hydrogen-bond donors (Lipinski definition) is 1. The zero-order chi connectivity index (χ0) is 11.5. The quantitative estimate of drug-likeness (QED) is 0.858. The van der Waals surface area contributed by atoms with E-state index in [4.69, 9.17) is 5.73 Å². The second-order valence-corrected chi connectivity index (χ2v) is 4.19. The highest BCUT2D eigenvalue weighted by molar-refractivity contribution is 9.10. The molecule has 2 aromatic rings. The Balaban J connectivity index is 2.44. The standard InChI is InChI=1S/C12H9BrN2O/c13-9-4-1-3-8(7-9)11(16)10-5-2-6-15-12(10)14/h1-7H,(H2,14,15). The highest BCUT2D eigenvalue weighted by Crippen LogP contribution is 2.17. The first-order valence-corrected chi connectivity index (χ1v) is 5.48. The van der Waals surface area contributed by atoms with Gasteiger partial charge < -0.3 is 5.73 Å². The van der Waals surface area contributed by atoms with E-state index in [1.807, 2.05) is 12.1 Å². The van der Waals surface area contributed by atoms with E-state index in [-0.39, 0.29) is 11.6 Å². The van der Waals surface area contributed by atoms with E-state index in [2.05, 4.69) is 20.9 Å². The molecule has 0 spiro atoms. The molecule has 0 aliphatic carbocycles. The predicted molar refractivity (Wildman–Crippen MR) is 66.2 cm³/mol. The molecule has 0 aliphatic rings. The Hall–Kier alpha value is -1.68. The molecule has 0 aliphatic heterocycles. The summed E-state index contributed by atoms with van der Waals surface area (Å²) >= 11 is 3.32. The topological polar surface area (TPSA) is 56.0 Å². The van der Waals surface area contributed by atoms with Crippen LogP contribution in [0, 0.1) is 0 Å².